The molecule has 1 aromatic carbocycles. The molecule has 24 heavy (non-hydrogen) atoms. The fourth-order valence-electron chi connectivity index (χ4n) is 2.29. The highest BCUT2D eigenvalue weighted by molar-refractivity contribution is 5.93. The lowest BCUT2D eigenvalue weighted by Crippen LogP contribution is -2.10. The SMILES string of the molecule is O=C(Cc1cc(CCc2ccc(F)cc2)ncn1)c1ncccn1. The summed E-state index contributed by atoms with van der Waals surface area (Å²) in [4.78, 5) is 28.4. The molecule has 0 amide bonds. The van der Waals surface area contributed by atoms with Crippen molar-refractivity contribution in [1.82, 2.24) is 19.9 Å². The van der Waals surface area contributed by atoms with Crippen LogP contribution in [-0.2, 0) is 19.3 Å². The molecule has 0 aliphatic rings. The van der Waals surface area contributed by atoms with Gasteiger partial charge in [0, 0.05) is 18.1 Å². The van der Waals surface area contributed by atoms with Crippen LogP contribution in [0.1, 0.15) is 27.6 Å². The Labute approximate surface area is 138 Å². The van der Waals surface area contributed by atoms with E-state index in [0.29, 0.717) is 12.1 Å². The minimum absolute atomic E-state index is 0.135. The van der Waals surface area contributed by atoms with Crippen LogP contribution in [0.4, 0.5) is 4.39 Å². The highest BCUT2D eigenvalue weighted by Gasteiger charge is 2.11. The van der Waals surface area contributed by atoms with Crippen molar-refractivity contribution in [2.45, 2.75) is 19.3 Å². The first-order valence-electron chi connectivity index (χ1n) is 7.55. The summed E-state index contributed by atoms with van der Waals surface area (Å²) >= 11 is 0. The Morgan fingerprint density at radius 2 is 1.62 bits per heavy atom. The molecule has 2 aromatic heterocycles. The molecule has 0 atom stereocenters. The van der Waals surface area contributed by atoms with Crippen LogP contribution >= 0.6 is 0 Å². The van der Waals surface area contributed by atoms with E-state index in [1.807, 2.05) is 6.07 Å². The minimum atomic E-state index is -0.246. The molecule has 0 aliphatic carbocycles. The molecule has 120 valence electrons. The number of benzene rings is 1. The smallest absolute Gasteiger partial charge is 0.205 e. The number of carbonyl (C=O) groups excluding carboxylic acids is 1. The monoisotopic (exact) mass is 322 g/mol. The maximum absolute atomic E-state index is 12.9. The fourth-order valence-corrected chi connectivity index (χ4v) is 2.29. The van der Waals surface area contributed by atoms with Gasteiger partial charge in [-0.15, -0.1) is 0 Å². The van der Waals surface area contributed by atoms with Gasteiger partial charge in [0.05, 0.1) is 12.1 Å². The van der Waals surface area contributed by atoms with Crippen molar-refractivity contribution >= 4 is 5.78 Å². The van der Waals surface area contributed by atoms with Crippen molar-refractivity contribution in [1.29, 1.82) is 0 Å². The van der Waals surface area contributed by atoms with Crippen LogP contribution in [0.5, 0.6) is 0 Å². The van der Waals surface area contributed by atoms with Crippen LogP contribution in [0.15, 0.2) is 55.1 Å². The number of halogens is 1. The average molecular weight is 322 g/mol. The van der Waals surface area contributed by atoms with Gasteiger partial charge in [-0.3, -0.25) is 4.79 Å². The molecule has 3 rings (SSSR count). The molecule has 2 heterocycles. The van der Waals surface area contributed by atoms with Crippen molar-refractivity contribution < 1.29 is 9.18 Å². The molecule has 0 saturated carbocycles. The molecular weight excluding hydrogens is 307 g/mol. The highest BCUT2D eigenvalue weighted by atomic mass is 19.1. The van der Waals surface area contributed by atoms with Gasteiger partial charge >= 0.3 is 0 Å². The lowest BCUT2D eigenvalue weighted by atomic mass is 10.1. The zero-order chi connectivity index (χ0) is 16.8. The molecule has 0 N–H and O–H groups in total. The maximum atomic E-state index is 12.9. The summed E-state index contributed by atoms with van der Waals surface area (Å²) in [6.45, 7) is 0. The van der Waals surface area contributed by atoms with E-state index in [9.17, 15) is 9.18 Å². The van der Waals surface area contributed by atoms with E-state index in [1.165, 1.54) is 30.9 Å². The highest BCUT2D eigenvalue weighted by Crippen LogP contribution is 2.09. The molecule has 0 unspecified atom stereocenters. The van der Waals surface area contributed by atoms with Crippen LogP contribution in [0.2, 0.25) is 0 Å². The van der Waals surface area contributed by atoms with Crippen molar-refractivity contribution in [2.75, 3.05) is 0 Å². The predicted octanol–water partition coefficient (Wildman–Crippen LogP) is 2.62. The minimum Gasteiger partial charge on any atom is -0.290 e. The number of rotatable bonds is 6. The molecule has 0 bridgehead atoms. The quantitative estimate of drug-likeness (QED) is 0.653. The van der Waals surface area contributed by atoms with Crippen LogP contribution in [-0.4, -0.2) is 25.7 Å². The van der Waals surface area contributed by atoms with Crippen molar-refractivity contribution in [3.8, 4) is 0 Å². The number of nitrogens with zero attached hydrogens (tertiary/aromatic N) is 4. The van der Waals surface area contributed by atoms with Gasteiger partial charge in [-0.1, -0.05) is 12.1 Å². The van der Waals surface area contributed by atoms with Gasteiger partial charge in [-0.2, -0.15) is 0 Å². The van der Waals surface area contributed by atoms with E-state index in [-0.39, 0.29) is 23.8 Å². The fraction of sp³-hybridized carbons (Fsp3) is 0.167. The zero-order valence-electron chi connectivity index (χ0n) is 12.9. The van der Waals surface area contributed by atoms with E-state index in [2.05, 4.69) is 19.9 Å². The summed E-state index contributed by atoms with van der Waals surface area (Å²) in [6, 6.07) is 9.87. The number of hydrogen-bond acceptors (Lipinski definition) is 5. The second kappa shape index (κ2) is 7.50. The van der Waals surface area contributed by atoms with E-state index in [0.717, 1.165) is 17.7 Å². The van der Waals surface area contributed by atoms with Gasteiger partial charge in [0.2, 0.25) is 5.78 Å². The van der Waals surface area contributed by atoms with Gasteiger partial charge in [-0.25, -0.2) is 24.3 Å². The average Bonchev–Trinajstić information content (AvgIpc) is 2.62. The molecule has 0 aliphatic heterocycles. The second-order valence-corrected chi connectivity index (χ2v) is 5.30. The topological polar surface area (TPSA) is 68.6 Å². The molecule has 6 heteroatoms. The van der Waals surface area contributed by atoms with Crippen LogP contribution < -0.4 is 0 Å². The van der Waals surface area contributed by atoms with Gasteiger partial charge in [-0.05, 0) is 42.7 Å². The number of aromatic nitrogens is 4. The van der Waals surface area contributed by atoms with Gasteiger partial charge in [0.15, 0.2) is 5.82 Å². The number of ketones is 1. The lowest BCUT2D eigenvalue weighted by Gasteiger charge is -2.04. The third kappa shape index (κ3) is 4.25. The zero-order valence-corrected chi connectivity index (χ0v) is 12.9. The van der Waals surface area contributed by atoms with Crippen molar-refractivity contribution in [3.05, 3.63) is 83.7 Å². The standard InChI is InChI=1S/C18H15FN4O/c19-14-5-2-13(3-6-14)4-7-15-10-16(23-12-22-15)11-17(24)18-20-8-1-9-21-18/h1-3,5-6,8-10,12H,4,7,11H2. The molecule has 0 spiro atoms. The summed E-state index contributed by atoms with van der Waals surface area (Å²) < 4.78 is 12.9. The Morgan fingerprint density at radius 1 is 0.917 bits per heavy atom. The summed E-state index contributed by atoms with van der Waals surface area (Å²) in [6.07, 6.45) is 6.09. The molecule has 5 nitrogen and oxygen atoms in total. The van der Waals surface area contributed by atoms with Gasteiger partial charge < -0.3 is 0 Å². The summed E-state index contributed by atoms with van der Waals surface area (Å²) in [7, 11) is 0. The Morgan fingerprint density at radius 3 is 2.38 bits per heavy atom. The van der Waals surface area contributed by atoms with E-state index in [4.69, 9.17) is 0 Å². The maximum Gasteiger partial charge on any atom is 0.205 e. The Bertz CT molecular complexity index is 822. The lowest BCUT2D eigenvalue weighted by molar-refractivity contribution is 0.0982. The van der Waals surface area contributed by atoms with Crippen molar-refractivity contribution in [3.63, 3.8) is 0 Å². The number of Topliss-reactive ketones (excluding diaryl/α,β-unsaturated/α-hetero) is 1. The van der Waals surface area contributed by atoms with Crippen LogP contribution in [0, 0.1) is 5.82 Å². The number of aryl methyl sites for hydroxylation is 2. The van der Waals surface area contributed by atoms with Crippen LogP contribution in [0.3, 0.4) is 0 Å². The molecule has 0 saturated heterocycles. The van der Waals surface area contributed by atoms with E-state index < -0.39 is 0 Å². The first-order chi connectivity index (χ1) is 11.7. The first kappa shape index (κ1) is 15.9. The number of carbonyl (C=O) groups is 1. The van der Waals surface area contributed by atoms with Gasteiger partial charge in [0.1, 0.15) is 12.1 Å². The molecular formula is C18H15FN4O. The van der Waals surface area contributed by atoms with Gasteiger partial charge in [0.25, 0.3) is 0 Å². The predicted molar refractivity (Wildman–Crippen MR) is 85.9 cm³/mol. The molecule has 3 aromatic rings. The molecule has 0 fully saturated rings. The Kier molecular flexibility index (Phi) is 4.96. The second-order valence-electron chi connectivity index (χ2n) is 5.30. The summed E-state index contributed by atoms with van der Waals surface area (Å²) in [5.74, 6) is -0.243. The third-order valence-corrected chi connectivity index (χ3v) is 3.52. The Hall–Kier alpha value is -3.02. The summed E-state index contributed by atoms with van der Waals surface area (Å²) in [5, 5.41) is 0. The third-order valence-electron chi connectivity index (χ3n) is 3.52. The largest absolute Gasteiger partial charge is 0.290 e. The Balaban J connectivity index is 1.63. The van der Waals surface area contributed by atoms with E-state index >= 15 is 0 Å². The summed E-state index contributed by atoms with van der Waals surface area (Å²) in [5.41, 5.74) is 2.51. The number of hydrogen-bond donors (Lipinski definition) is 0. The van der Waals surface area contributed by atoms with Crippen LogP contribution in [0.25, 0.3) is 0 Å². The van der Waals surface area contributed by atoms with E-state index in [1.54, 1.807) is 18.2 Å². The van der Waals surface area contributed by atoms with Crippen molar-refractivity contribution in [2.24, 2.45) is 0 Å². The molecule has 0 radical (unpaired) electrons. The first-order valence-corrected chi connectivity index (χ1v) is 7.55. The normalized spacial score (nSPS) is 10.5.